The first-order valence-corrected chi connectivity index (χ1v) is 12.3. The fourth-order valence-electron chi connectivity index (χ4n) is 4.73. The van der Waals surface area contributed by atoms with Gasteiger partial charge in [-0.2, -0.15) is 0 Å². The van der Waals surface area contributed by atoms with Crippen LogP contribution in [0.1, 0.15) is 48.5 Å². The third-order valence-corrected chi connectivity index (χ3v) is 6.26. The lowest BCUT2D eigenvalue weighted by molar-refractivity contribution is -0.270. The summed E-state index contributed by atoms with van der Waals surface area (Å²) in [6.45, 7) is 9.35. The Morgan fingerprint density at radius 3 is 1.95 bits per heavy atom. The van der Waals surface area contributed by atoms with Crippen LogP contribution in [0, 0.1) is 5.41 Å². The van der Waals surface area contributed by atoms with Crippen molar-refractivity contribution in [1.82, 2.24) is 4.90 Å². The lowest BCUT2D eigenvalue weighted by atomic mass is 9.96. The molecule has 212 valence electrons. The summed E-state index contributed by atoms with van der Waals surface area (Å²) in [5.74, 6) is -3.23. The van der Waals surface area contributed by atoms with E-state index in [2.05, 4.69) is 0 Å². The van der Waals surface area contributed by atoms with Crippen molar-refractivity contribution >= 4 is 29.8 Å². The third kappa shape index (κ3) is 6.69. The van der Waals surface area contributed by atoms with Crippen molar-refractivity contribution in [2.45, 2.75) is 97.3 Å². The highest BCUT2D eigenvalue weighted by atomic mass is 16.7. The molecular weight excluding hydrogens is 506 g/mol. The molecule has 2 heterocycles. The Balaban J connectivity index is 1.92. The van der Waals surface area contributed by atoms with E-state index in [1.807, 2.05) is 0 Å². The van der Waals surface area contributed by atoms with Crippen LogP contribution in [0.4, 0.5) is 0 Å². The number of rotatable bonds is 8. The number of carbonyl (C=O) groups is 5. The SMILES string of the molecule is CC(=O)OC[C@H]1O[C@H](N2C3C(COC(=O)C(C)(C)C)=CC(O)C32)[C@H](OC(C)=O)[C@@H](OC(C)=O)[C@@H]1OC(C)=O. The Kier molecular flexibility index (Phi) is 8.84. The van der Waals surface area contributed by atoms with E-state index in [-0.39, 0.29) is 13.2 Å². The van der Waals surface area contributed by atoms with E-state index in [0.29, 0.717) is 5.57 Å². The van der Waals surface area contributed by atoms with Crippen LogP contribution in [0.25, 0.3) is 0 Å². The molecule has 13 nitrogen and oxygen atoms in total. The molecule has 3 aliphatic rings. The highest BCUT2D eigenvalue weighted by molar-refractivity contribution is 5.75. The van der Waals surface area contributed by atoms with Crippen molar-refractivity contribution in [1.29, 1.82) is 0 Å². The first-order chi connectivity index (χ1) is 17.6. The quantitative estimate of drug-likeness (QED) is 0.189. The molecule has 3 rings (SSSR count). The van der Waals surface area contributed by atoms with Crippen LogP contribution in [-0.4, -0.2) is 102 Å². The standard InChI is InChI=1S/C25H35NO12/c1-11(27)33-10-17-20(35-12(2)28)21(36-13(3)29)22(37-14(4)30)23(38-17)26-18-15(8-16(31)19(18)26)9-34-24(32)25(5,6)7/h8,16-23,31H,9-10H2,1-7H3/t16?,17-,18?,19?,20-,21+,22-,23+,26?/m1/s1. The maximum absolute atomic E-state index is 12.3. The number of carbonyl (C=O) groups excluding carboxylic acids is 5. The molecule has 13 heteroatoms. The number of fused-ring (bicyclic) bond motifs is 1. The van der Waals surface area contributed by atoms with Gasteiger partial charge in [-0.3, -0.25) is 28.9 Å². The summed E-state index contributed by atoms with van der Waals surface area (Å²) >= 11 is 0. The van der Waals surface area contributed by atoms with Crippen LogP contribution < -0.4 is 0 Å². The molecule has 0 aromatic rings. The van der Waals surface area contributed by atoms with E-state index in [0.717, 1.165) is 20.8 Å². The predicted octanol–water partition coefficient (Wildman–Crippen LogP) is 0.0125. The van der Waals surface area contributed by atoms with E-state index in [9.17, 15) is 29.1 Å². The lowest BCUT2D eigenvalue weighted by Crippen LogP contribution is -2.64. The van der Waals surface area contributed by atoms with Crippen molar-refractivity contribution in [3.05, 3.63) is 11.6 Å². The summed E-state index contributed by atoms with van der Waals surface area (Å²) in [5.41, 5.74) is -0.104. The second-order valence-electron chi connectivity index (χ2n) is 10.5. The molecule has 2 saturated heterocycles. The molecule has 0 amide bonds. The van der Waals surface area contributed by atoms with Gasteiger partial charge in [0.2, 0.25) is 0 Å². The van der Waals surface area contributed by atoms with Gasteiger partial charge in [-0.15, -0.1) is 0 Å². The molecule has 0 aromatic heterocycles. The van der Waals surface area contributed by atoms with Gasteiger partial charge in [0, 0.05) is 27.7 Å². The maximum Gasteiger partial charge on any atom is 0.311 e. The molecule has 0 radical (unpaired) electrons. The average molecular weight is 542 g/mol. The molecule has 38 heavy (non-hydrogen) atoms. The van der Waals surface area contributed by atoms with Crippen molar-refractivity contribution in [2.75, 3.05) is 13.2 Å². The molecule has 0 aromatic carbocycles. The Morgan fingerprint density at radius 2 is 1.42 bits per heavy atom. The summed E-state index contributed by atoms with van der Waals surface area (Å²) in [7, 11) is 0. The van der Waals surface area contributed by atoms with Gasteiger partial charge in [-0.05, 0) is 26.3 Å². The van der Waals surface area contributed by atoms with Crippen LogP contribution >= 0.6 is 0 Å². The Labute approximate surface area is 220 Å². The fourth-order valence-corrected chi connectivity index (χ4v) is 4.73. The smallest absolute Gasteiger partial charge is 0.311 e. The maximum atomic E-state index is 12.3. The van der Waals surface area contributed by atoms with Crippen LogP contribution in [-0.2, 0) is 52.4 Å². The number of hydrogen-bond donors (Lipinski definition) is 1. The van der Waals surface area contributed by atoms with Gasteiger partial charge in [0.15, 0.2) is 24.5 Å². The van der Waals surface area contributed by atoms with E-state index in [4.69, 9.17) is 28.4 Å². The highest BCUT2D eigenvalue weighted by Crippen LogP contribution is 2.48. The third-order valence-electron chi connectivity index (χ3n) is 6.26. The zero-order valence-electron chi connectivity index (χ0n) is 22.5. The molecule has 1 N–H and O–H groups in total. The van der Waals surface area contributed by atoms with Crippen LogP contribution in [0.5, 0.6) is 0 Å². The molecule has 2 fully saturated rings. The minimum absolute atomic E-state index is 0.0733. The van der Waals surface area contributed by atoms with Gasteiger partial charge in [0.05, 0.1) is 23.6 Å². The van der Waals surface area contributed by atoms with Gasteiger partial charge in [-0.1, -0.05) is 6.08 Å². The van der Waals surface area contributed by atoms with E-state index >= 15 is 0 Å². The van der Waals surface area contributed by atoms with E-state index in [1.165, 1.54) is 6.92 Å². The largest absolute Gasteiger partial charge is 0.463 e. The Morgan fingerprint density at radius 1 is 0.868 bits per heavy atom. The first kappa shape index (κ1) is 29.5. The summed E-state index contributed by atoms with van der Waals surface area (Å²) < 4.78 is 33.1. The number of hydrogen-bond acceptors (Lipinski definition) is 13. The zero-order valence-corrected chi connectivity index (χ0v) is 22.5. The number of esters is 5. The summed E-state index contributed by atoms with van der Waals surface area (Å²) in [4.78, 5) is 61.5. The van der Waals surface area contributed by atoms with Crippen LogP contribution in [0.3, 0.4) is 0 Å². The number of aliphatic hydroxyl groups excluding tert-OH is 1. The van der Waals surface area contributed by atoms with Crippen LogP contribution in [0.15, 0.2) is 11.6 Å². The molecule has 0 spiro atoms. The minimum atomic E-state index is -1.32. The molecule has 4 unspecified atom stereocenters. The van der Waals surface area contributed by atoms with Gasteiger partial charge in [0.1, 0.15) is 19.3 Å². The van der Waals surface area contributed by atoms with Crippen LogP contribution in [0.2, 0.25) is 0 Å². The molecule has 0 saturated carbocycles. The number of ether oxygens (including phenoxy) is 6. The number of nitrogens with zero attached hydrogens (tertiary/aromatic N) is 1. The monoisotopic (exact) mass is 541 g/mol. The summed E-state index contributed by atoms with van der Waals surface area (Å²) in [6.07, 6.45) is -5.42. The second kappa shape index (κ2) is 11.4. The van der Waals surface area contributed by atoms with Crippen molar-refractivity contribution in [3.8, 4) is 0 Å². The van der Waals surface area contributed by atoms with Gasteiger partial charge in [-0.25, -0.2) is 0 Å². The van der Waals surface area contributed by atoms with Crippen molar-refractivity contribution < 1.29 is 57.5 Å². The predicted molar refractivity (Wildman–Crippen MR) is 126 cm³/mol. The molecule has 1 aliphatic carbocycles. The molecular formula is C25H35NO12. The average Bonchev–Trinajstić information content (AvgIpc) is 3.42. The van der Waals surface area contributed by atoms with E-state index in [1.54, 1.807) is 31.7 Å². The molecule has 0 bridgehead atoms. The highest BCUT2D eigenvalue weighted by Gasteiger charge is 2.66. The Bertz CT molecular complexity index is 1000. The Hall–Kier alpha value is -3.03. The minimum Gasteiger partial charge on any atom is -0.463 e. The second-order valence-corrected chi connectivity index (χ2v) is 10.5. The zero-order chi connectivity index (χ0) is 28.5. The van der Waals surface area contributed by atoms with E-state index < -0.39 is 84.1 Å². The van der Waals surface area contributed by atoms with Gasteiger partial charge in [0.25, 0.3) is 0 Å². The summed E-state index contributed by atoms with van der Waals surface area (Å²) in [6, 6.07) is -0.933. The molecule has 9 atom stereocenters. The topological polar surface area (TPSA) is 164 Å². The van der Waals surface area contributed by atoms with Crippen molar-refractivity contribution in [2.24, 2.45) is 5.41 Å². The van der Waals surface area contributed by atoms with Gasteiger partial charge >= 0.3 is 29.8 Å². The lowest BCUT2D eigenvalue weighted by Gasteiger charge is -2.45. The number of aliphatic hydroxyl groups is 1. The van der Waals surface area contributed by atoms with Crippen molar-refractivity contribution in [3.63, 3.8) is 0 Å². The normalized spacial score (nSPS) is 33.8. The molecule has 2 aliphatic heterocycles. The van der Waals surface area contributed by atoms with Gasteiger partial charge < -0.3 is 33.5 Å². The fraction of sp³-hybridized carbons (Fsp3) is 0.720. The summed E-state index contributed by atoms with van der Waals surface area (Å²) in [5, 5.41) is 10.7. The first-order valence-electron chi connectivity index (χ1n) is 12.3.